The van der Waals surface area contributed by atoms with Crippen LogP contribution in [0.5, 0.6) is 0 Å². The van der Waals surface area contributed by atoms with Crippen LogP contribution in [0, 0.1) is 0 Å². The molecule has 0 atom stereocenters. The van der Waals surface area contributed by atoms with Crippen molar-refractivity contribution in [1.82, 2.24) is 9.55 Å². The summed E-state index contributed by atoms with van der Waals surface area (Å²) >= 11 is 2.05. The Hall–Kier alpha value is -0.640. The topological polar surface area (TPSA) is 29.9 Å². The number of aromatic nitrogens is 2. The highest BCUT2D eigenvalue weighted by atomic mass is 32.2. The van der Waals surface area contributed by atoms with Gasteiger partial charge in [-0.1, -0.05) is 0 Å². The Kier molecular flexibility index (Phi) is 2.78. The second-order valence-electron chi connectivity index (χ2n) is 3.39. The molecule has 0 radical (unpaired) electrons. The predicted octanol–water partition coefficient (Wildman–Crippen LogP) is 1.73. The number of thioether (sulfide) groups is 1. The Morgan fingerprint density at radius 2 is 2.31 bits per heavy atom. The number of rotatable bonds is 2. The molecule has 3 nitrogen and oxygen atoms in total. The van der Waals surface area contributed by atoms with E-state index in [0.29, 0.717) is 6.04 Å². The number of aryl methyl sites for hydroxylation is 1. The minimum Gasteiger partial charge on any atom is -0.353 e. The molecule has 1 N–H and O–H groups in total. The van der Waals surface area contributed by atoms with E-state index in [-0.39, 0.29) is 0 Å². The van der Waals surface area contributed by atoms with E-state index in [4.69, 9.17) is 0 Å². The number of nitrogens with one attached hydrogen (secondary N) is 1. The van der Waals surface area contributed by atoms with Gasteiger partial charge in [0.25, 0.3) is 0 Å². The van der Waals surface area contributed by atoms with E-state index < -0.39 is 0 Å². The fourth-order valence-electron chi connectivity index (χ4n) is 1.53. The summed E-state index contributed by atoms with van der Waals surface area (Å²) < 4.78 is 2.03. The van der Waals surface area contributed by atoms with Crippen LogP contribution in [0.2, 0.25) is 0 Å². The molecule has 1 aromatic rings. The molecule has 0 unspecified atom stereocenters. The van der Waals surface area contributed by atoms with Crippen molar-refractivity contribution < 1.29 is 0 Å². The SMILES string of the molecule is Cn1ccnc1NC1CCSCC1. The number of hydrogen-bond donors (Lipinski definition) is 1. The molecule has 1 aliphatic rings. The standard InChI is InChI=1S/C9H15N3S/c1-12-5-4-10-9(12)11-8-2-6-13-7-3-8/h4-5,8H,2-3,6-7H2,1H3,(H,10,11). The van der Waals surface area contributed by atoms with Crippen LogP contribution in [0.4, 0.5) is 5.95 Å². The number of anilines is 1. The third kappa shape index (κ3) is 2.18. The molecule has 0 aromatic carbocycles. The van der Waals surface area contributed by atoms with Gasteiger partial charge in [-0.15, -0.1) is 0 Å². The van der Waals surface area contributed by atoms with Gasteiger partial charge in [0.2, 0.25) is 5.95 Å². The summed E-state index contributed by atoms with van der Waals surface area (Å²) in [6, 6.07) is 0.627. The monoisotopic (exact) mass is 197 g/mol. The van der Waals surface area contributed by atoms with Crippen LogP contribution in [0.15, 0.2) is 12.4 Å². The van der Waals surface area contributed by atoms with Gasteiger partial charge in [-0.25, -0.2) is 4.98 Å². The maximum absolute atomic E-state index is 4.25. The normalized spacial score (nSPS) is 18.8. The van der Waals surface area contributed by atoms with Crippen LogP contribution in [0.3, 0.4) is 0 Å². The summed E-state index contributed by atoms with van der Waals surface area (Å²) in [5.41, 5.74) is 0. The largest absolute Gasteiger partial charge is 0.353 e. The Bertz CT molecular complexity index is 266. The molecule has 2 rings (SSSR count). The minimum atomic E-state index is 0.627. The van der Waals surface area contributed by atoms with E-state index in [1.54, 1.807) is 0 Å². The third-order valence-electron chi connectivity index (χ3n) is 2.38. The summed E-state index contributed by atoms with van der Waals surface area (Å²) in [4.78, 5) is 4.25. The van der Waals surface area contributed by atoms with Gasteiger partial charge < -0.3 is 9.88 Å². The maximum atomic E-state index is 4.25. The highest BCUT2D eigenvalue weighted by Crippen LogP contribution is 2.19. The van der Waals surface area contributed by atoms with Crippen LogP contribution in [-0.2, 0) is 7.05 Å². The van der Waals surface area contributed by atoms with Crippen molar-refractivity contribution in [1.29, 1.82) is 0 Å². The Morgan fingerprint density at radius 1 is 1.54 bits per heavy atom. The van der Waals surface area contributed by atoms with Crippen molar-refractivity contribution in [2.75, 3.05) is 16.8 Å². The molecule has 0 saturated carbocycles. The Labute approximate surface area is 82.9 Å². The van der Waals surface area contributed by atoms with Crippen molar-refractivity contribution in [3.8, 4) is 0 Å². The first-order valence-corrected chi connectivity index (χ1v) is 5.83. The average molecular weight is 197 g/mol. The molecular formula is C9H15N3S. The highest BCUT2D eigenvalue weighted by Gasteiger charge is 2.14. The van der Waals surface area contributed by atoms with Gasteiger partial charge >= 0.3 is 0 Å². The predicted molar refractivity (Wildman–Crippen MR) is 57.2 cm³/mol. The zero-order valence-corrected chi connectivity index (χ0v) is 8.68. The molecule has 1 fully saturated rings. The summed E-state index contributed by atoms with van der Waals surface area (Å²) in [6.07, 6.45) is 6.33. The molecule has 72 valence electrons. The van der Waals surface area contributed by atoms with E-state index >= 15 is 0 Å². The van der Waals surface area contributed by atoms with Crippen molar-refractivity contribution in [2.24, 2.45) is 7.05 Å². The van der Waals surface area contributed by atoms with E-state index in [1.165, 1.54) is 24.3 Å². The van der Waals surface area contributed by atoms with Crippen LogP contribution in [0.1, 0.15) is 12.8 Å². The Morgan fingerprint density at radius 3 is 2.92 bits per heavy atom. The first kappa shape index (κ1) is 8.94. The summed E-state index contributed by atoms with van der Waals surface area (Å²) in [5, 5.41) is 3.47. The smallest absolute Gasteiger partial charge is 0.202 e. The van der Waals surface area contributed by atoms with Crippen molar-refractivity contribution >= 4 is 17.7 Å². The van der Waals surface area contributed by atoms with Crippen LogP contribution in [-0.4, -0.2) is 27.1 Å². The van der Waals surface area contributed by atoms with Gasteiger partial charge in [0.15, 0.2) is 0 Å². The quantitative estimate of drug-likeness (QED) is 0.783. The number of hydrogen-bond acceptors (Lipinski definition) is 3. The molecule has 2 heterocycles. The molecular weight excluding hydrogens is 182 g/mol. The number of imidazole rings is 1. The third-order valence-corrected chi connectivity index (χ3v) is 3.42. The van der Waals surface area contributed by atoms with Crippen molar-refractivity contribution in [2.45, 2.75) is 18.9 Å². The number of nitrogens with zero attached hydrogens (tertiary/aromatic N) is 2. The van der Waals surface area contributed by atoms with Gasteiger partial charge in [0.05, 0.1) is 0 Å². The first-order chi connectivity index (χ1) is 6.36. The molecule has 13 heavy (non-hydrogen) atoms. The van der Waals surface area contributed by atoms with E-state index in [0.717, 1.165) is 5.95 Å². The molecule has 0 amide bonds. The fraction of sp³-hybridized carbons (Fsp3) is 0.667. The first-order valence-electron chi connectivity index (χ1n) is 4.68. The van der Waals surface area contributed by atoms with Gasteiger partial charge in [-0.05, 0) is 24.3 Å². The molecule has 1 saturated heterocycles. The second kappa shape index (κ2) is 4.05. The zero-order valence-electron chi connectivity index (χ0n) is 7.86. The van der Waals surface area contributed by atoms with Gasteiger partial charge in [-0.3, -0.25) is 0 Å². The highest BCUT2D eigenvalue weighted by molar-refractivity contribution is 7.99. The Balaban J connectivity index is 1.93. The second-order valence-corrected chi connectivity index (χ2v) is 4.62. The van der Waals surface area contributed by atoms with Crippen LogP contribution < -0.4 is 5.32 Å². The van der Waals surface area contributed by atoms with Crippen LogP contribution >= 0.6 is 11.8 Å². The molecule has 4 heteroatoms. The lowest BCUT2D eigenvalue weighted by molar-refractivity contribution is 0.654. The maximum Gasteiger partial charge on any atom is 0.202 e. The average Bonchev–Trinajstić information content (AvgIpc) is 2.54. The lowest BCUT2D eigenvalue weighted by Gasteiger charge is -2.22. The van der Waals surface area contributed by atoms with Crippen molar-refractivity contribution in [3.05, 3.63) is 12.4 Å². The van der Waals surface area contributed by atoms with E-state index in [1.807, 2.05) is 35.8 Å². The summed E-state index contributed by atoms with van der Waals surface area (Å²) in [7, 11) is 2.02. The fourth-order valence-corrected chi connectivity index (χ4v) is 2.64. The van der Waals surface area contributed by atoms with Crippen molar-refractivity contribution in [3.63, 3.8) is 0 Å². The zero-order chi connectivity index (χ0) is 9.10. The summed E-state index contributed by atoms with van der Waals surface area (Å²) in [6.45, 7) is 0. The van der Waals surface area contributed by atoms with Gasteiger partial charge in [0.1, 0.15) is 0 Å². The van der Waals surface area contributed by atoms with E-state index in [9.17, 15) is 0 Å². The molecule has 1 aromatic heterocycles. The molecule has 0 spiro atoms. The summed E-state index contributed by atoms with van der Waals surface area (Å²) in [5.74, 6) is 3.56. The lowest BCUT2D eigenvalue weighted by atomic mass is 10.2. The van der Waals surface area contributed by atoms with Gasteiger partial charge in [-0.2, -0.15) is 11.8 Å². The molecule has 0 aliphatic carbocycles. The van der Waals surface area contributed by atoms with Gasteiger partial charge in [0, 0.05) is 25.5 Å². The molecule has 1 aliphatic heterocycles. The van der Waals surface area contributed by atoms with E-state index in [2.05, 4.69) is 10.3 Å². The molecule has 0 bridgehead atoms. The lowest BCUT2D eigenvalue weighted by Crippen LogP contribution is -2.25. The van der Waals surface area contributed by atoms with Crippen LogP contribution in [0.25, 0.3) is 0 Å². The minimum absolute atomic E-state index is 0.627.